The highest BCUT2D eigenvalue weighted by atomic mass is 35.5. The molecule has 0 spiro atoms. The van der Waals surface area contributed by atoms with Gasteiger partial charge in [-0.15, -0.1) is 0 Å². The fourth-order valence-electron chi connectivity index (χ4n) is 1.69. The number of rotatable bonds is 3. The van der Waals surface area contributed by atoms with Gasteiger partial charge < -0.3 is 15.5 Å². The quantitative estimate of drug-likeness (QED) is 0.562. The van der Waals surface area contributed by atoms with Crippen LogP contribution in [-0.2, 0) is 0 Å². The lowest BCUT2D eigenvalue weighted by Gasteiger charge is -2.11. The number of hydrogen-bond donors (Lipinski definition) is 3. The molecule has 2 aromatic carbocycles. The minimum absolute atomic E-state index is 0.0158. The van der Waals surface area contributed by atoms with Crippen LogP contribution < -0.4 is 5.32 Å². The number of carbonyl (C=O) groups excluding carboxylic acids is 1. The first-order valence-corrected chi connectivity index (χ1v) is 6.96. The summed E-state index contributed by atoms with van der Waals surface area (Å²) in [5.74, 6) is -2.28. The van der Waals surface area contributed by atoms with Gasteiger partial charge in [-0.05, 0) is 30.3 Å². The van der Waals surface area contributed by atoms with Crippen molar-refractivity contribution < 1.29 is 19.8 Å². The number of aromatic hydroxyl groups is 1. The van der Waals surface area contributed by atoms with Crippen molar-refractivity contribution in [3.8, 4) is 5.75 Å². The number of phenols is 1. The van der Waals surface area contributed by atoms with Gasteiger partial charge in [0.1, 0.15) is 5.75 Å². The number of hydrogen-bond acceptors (Lipinski definition) is 3. The van der Waals surface area contributed by atoms with Crippen LogP contribution in [-0.4, -0.2) is 22.1 Å². The van der Waals surface area contributed by atoms with Crippen LogP contribution in [0.3, 0.4) is 0 Å². The highest BCUT2D eigenvalue weighted by Crippen LogP contribution is 2.33. The maximum absolute atomic E-state index is 12.2. The van der Waals surface area contributed by atoms with Crippen LogP contribution in [0.1, 0.15) is 20.7 Å². The van der Waals surface area contributed by atoms with Gasteiger partial charge >= 0.3 is 5.97 Å². The van der Waals surface area contributed by atoms with Crippen molar-refractivity contribution >= 4 is 52.4 Å². The van der Waals surface area contributed by atoms with Crippen molar-refractivity contribution in [2.75, 3.05) is 5.32 Å². The van der Waals surface area contributed by atoms with Crippen LogP contribution >= 0.6 is 34.8 Å². The number of carboxylic acids is 1. The number of phenolic OH excluding ortho intramolecular Hbond substituents is 1. The largest absolute Gasteiger partial charge is 0.506 e. The lowest BCUT2D eigenvalue weighted by Crippen LogP contribution is -2.13. The molecule has 0 bridgehead atoms. The molecular weight excluding hydrogens is 353 g/mol. The normalized spacial score (nSPS) is 10.3. The van der Waals surface area contributed by atoms with Crippen molar-refractivity contribution in [1.82, 2.24) is 0 Å². The molecule has 1 amide bonds. The van der Waals surface area contributed by atoms with E-state index in [9.17, 15) is 14.7 Å². The molecule has 114 valence electrons. The van der Waals surface area contributed by atoms with Crippen LogP contribution in [0.5, 0.6) is 5.75 Å². The molecule has 0 saturated carbocycles. The Morgan fingerprint density at radius 1 is 1.00 bits per heavy atom. The molecule has 0 aromatic heterocycles. The molecule has 0 heterocycles. The van der Waals surface area contributed by atoms with E-state index in [0.717, 1.165) is 6.07 Å². The maximum atomic E-state index is 12.2. The van der Waals surface area contributed by atoms with Gasteiger partial charge in [0.25, 0.3) is 5.91 Å². The van der Waals surface area contributed by atoms with E-state index in [1.807, 2.05) is 0 Å². The molecule has 0 unspecified atom stereocenters. The molecule has 0 atom stereocenters. The summed E-state index contributed by atoms with van der Waals surface area (Å²) in [7, 11) is 0. The molecule has 2 aromatic rings. The number of amides is 1. The van der Waals surface area contributed by atoms with Crippen molar-refractivity contribution in [3.05, 3.63) is 56.5 Å². The van der Waals surface area contributed by atoms with E-state index >= 15 is 0 Å². The third kappa shape index (κ3) is 3.27. The third-order valence-corrected chi connectivity index (χ3v) is 3.88. The van der Waals surface area contributed by atoms with Gasteiger partial charge in [0.2, 0.25) is 0 Å². The summed E-state index contributed by atoms with van der Waals surface area (Å²) in [6.45, 7) is 0. The van der Waals surface area contributed by atoms with Crippen LogP contribution in [0, 0.1) is 0 Å². The molecule has 8 heteroatoms. The highest BCUT2D eigenvalue weighted by molar-refractivity contribution is 6.46. The molecule has 0 fully saturated rings. The van der Waals surface area contributed by atoms with Crippen LogP contribution in [0.4, 0.5) is 5.69 Å². The second-order valence-electron chi connectivity index (χ2n) is 4.21. The van der Waals surface area contributed by atoms with E-state index < -0.39 is 17.6 Å². The first kappa shape index (κ1) is 16.4. The summed E-state index contributed by atoms with van der Waals surface area (Å²) in [5, 5.41) is 21.2. The number of carboxylic acid groups (broad SMARTS) is 1. The Bertz CT molecular complexity index is 777. The highest BCUT2D eigenvalue weighted by Gasteiger charge is 2.19. The number of benzene rings is 2. The number of carbonyl (C=O) groups is 2. The number of aromatic carboxylic acids is 1. The average molecular weight is 361 g/mol. The molecular formula is C14H8Cl3NO4. The summed E-state index contributed by atoms with van der Waals surface area (Å²) < 4.78 is 0. The zero-order chi connectivity index (χ0) is 16.4. The Kier molecular flexibility index (Phi) is 4.81. The van der Waals surface area contributed by atoms with Crippen molar-refractivity contribution in [2.45, 2.75) is 0 Å². The summed E-state index contributed by atoms with van der Waals surface area (Å²) >= 11 is 17.7. The number of halogens is 3. The van der Waals surface area contributed by atoms with E-state index in [-0.39, 0.29) is 31.9 Å². The molecule has 0 aliphatic rings. The van der Waals surface area contributed by atoms with Gasteiger partial charge in [0.15, 0.2) is 0 Å². The molecule has 22 heavy (non-hydrogen) atoms. The second-order valence-corrected chi connectivity index (χ2v) is 5.40. The predicted molar refractivity (Wildman–Crippen MR) is 84.5 cm³/mol. The minimum atomic E-state index is -1.20. The third-order valence-electron chi connectivity index (χ3n) is 2.76. The topological polar surface area (TPSA) is 86.6 Å². The Balaban J connectivity index is 2.34. The van der Waals surface area contributed by atoms with Gasteiger partial charge in [-0.25, -0.2) is 4.79 Å². The monoisotopic (exact) mass is 359 g/mol. The van der Waals surface area contributed by atoms with Gasteiger partial charge in [0, 0.05) is 0 Å². The molecule has 0 radical (unpaired) electrons. The maximum Gasteiger partial charge on any atom is 0.335 e. The van der Waals surface area contributed by atoms with E-state index in [0.29, 0.717) is 0 Å². The Hall–Kier alpha value is -1.95. The van der Waals surface area contributed by atoms with E-state index in [1.54, 1.807) is 0 Å². The van der Waals surface area contributed by atoms with E-state index in [4.69, 9.17) is 39.9 Å². The molecule has 0 aliphatic carbocycles. The second kappa shape index (κ2) is 6.44. The zero-order valence-electron chi connectivity index (χ0n) is 10.7. The first-order chi connectivity index (χ1) is 10.3. The SMILES string of the molecule is O=C(O)c1ccc(NC(=O)c2c(Cl)ccc(Cl)c2Cl)c(O)c1. The smallest absolute Gasteiger partial charge is 0.335 e. The Morgan fingerprint density at radius 3 is 2.23 bits per heavy atom. The van der Waals surface area contributed by atoms with Gasteiger partial charge in [0.05, 0.1) is 31.9 Å². The van der Waals surface area contributed by atoms with Crippen LogP contribution in [0.15, 0.2) is 30.3 Å². The molecule has 0 saturated heterocycles. The Labute approximate surface area is 140 Å². The van der Waals surface area contributed by atoms with E-state index in [2.05, 4.69) is 5.32 Å². The van der Waals surface area contributed by atoms with Crippen molar-refractivity contribution in [3.63, 3.8) is 0 Å². The van der Waals surface area contributed by atoms with Gasteiger partial charge in [-0.3, -0.25) is 4.79 Å². The van der Waals surface area contributed by atoms with E-state index in [1.165, 1.54) is 24.3 Å². The summed E-state index contributed by atoms with van der Waals surface area (Å²) in [6.07, 6.45) is 0. The standard InChI is InChI=1S/C14H8Cl3NO4/c15-7-2-3-8(16)12(17)11(7)13(20)18-9-4-1-6(14(21)22)5-10(9)19/h1-5,19H,(H,18,20)(H,21,22). The predicted octanol–water partition coefficient (Wildman–Crippen LogP) is 4.30. The van der Waals surface area contributed by atoms with Crippen molar-refractivity contribution in [2.24, 2.45) is 0 Å². The fraction of sp³-hybridized carbons (Fsp3) is 0. The van der Waals surface area contributed by atoms with Crippen LogP contribution in [0.25, 0.3) is 0 Å². The fourth-order valence-corrected chi connectivity index (χ4v) is 2.39. The first-order valence-electron chi connectivity index (χ1n) is 5.82. The van der Waals surface area contributed by atoms with Crippen LogP contribution in [0.2, 0.25) is 15.1 Å². The summed E-state index contributed by atoms with van der Waals surface area (Å²) in [5.41, 5.74) is -0.144. The van der Waals surface area contributed by atoms with Crippen molar-refractivity contribution in [1.29, 1.82) is 0 Å². The average Bonchev–Trinajstić information content (AvgIpc) is 2.45. The van der Waals surface area contributed by atoms with Gasteiger partial charge in [-0.1, -0.05) is 34.8 Å². The molecule has 5 nitrogen and oxygen atoms in total. The van der Waals surface area contributed by atoms with Gasteiger partial charge in [-0.2, -0.15) is 0 Å². The minimum Gasteiger partial charge on any atom is -0.506 e. The Morgan fingerprint density at radius 2 is 1.64 bits per heavy atom. The summed E-state index contributed by atoms with van der Waals surface area (Å²) in [4.78, 5) is 23.0. The lowest BCUT2D eigenvalue weighted by atomic mass is 10.1. The molecule has 3 N–H and O–H groups in total. The molecule has 2 rings (SSSR count). The lowest BCUT2D eigenvalue weighted by molar-refractivity contribution is 0.0696. The number of anilines is 1. The summed E-state index contributed by atoms with van der Waals surface area (Å²) in [6, 6.07) is 6.36. The zero-order valence-corrected chi connectivity index (χ0v) is 13.0. The number of nitrogens with one attached hydrogen (secondary N) is 1. The molecule has 0 aliphatic heterocycles.